The number of benzene rings is 1. The molecule has 0 spiro atoms. The molecule has 0 bridgehead atoms. The van der Waals surface area contributed by atoms with Crippen LogP contribution in [-0.4, -0.2) is 38.0 Å². The average Bonchev–Trinajstić information content (AvgIpc) is 2.31. The fraction of sp³-hybridized carbons (Fsp3) is 0.538. The second-order valence-electron chi connectivity index (χ2n) is 4.95. The Morgan fingerprint density at radius 2 is 1.74 bits per heavy atom. The van der Waals surface area contributed by atoms with Gasteiger partial charge in [-0.25, -0.2) is 8.42 Å². The zero-order chi connectivity index (χ0) is 14.0. The second-order valence-corrected chi connectivity index (χ2v) is 7.26. The summed E-state index contributed by atoms with van der Waals surface area (Å²) in [6.45, 7) is 4.64. The first-order chi connectivity index (χ1) is 8.90. The summed E-state index contributed by atoms with van der Waals surface area (Å²) in [5.41, 5.74) is 0.746. The summed E-state index contributed by atoms with van der Waals surface area (Å²) < 4.78 is 31.9. The maximum Gasteiger partial charge on any atom is 0.218 e. The maximum absolute atomic E-state index is 12.5. The summed E-state index contributed by atoms with van der Waals surface area (Å²) in [5.74, 6) is -0.00114. The van der Waals surface area contributed by atoms with Crippen molar-refractivity contribution in [2.75, 3.05) is 13.2 Å². The highest BCUT2D eigenvalue weighted by Gasteiger charge is 2.35. The molecule has 1 aromatic rings. The van der Waals surface area contributed by atoms with E-state index in [2.05, 4.69) is 0 Å². The predicted molar refractivity (Wildman–Crippen MR) is 75.7 cm³/mol. The summed E-state index contributed by atoms with van der Waals surface area (Å²) in [7, 11) is -3.34. The molecule has 2 unspecified atom stereocenters. The van der Waals surface area contributed by atoms with Gasteiger partial charge in [-0.2, -0.15) is 4.31 Å². The molecule has 0 aliphatic carbocycles. The molecular formula is C13H18ClNO3S. The standard InChI is InChI=1S/C13H18ClNO3S/c1-10-7-18-8-11(2)15(10)19(16,17)9-12-3-5-13(14)6-4-12/h3-6,10-11H,7-9H2,1-2H3. The van der Waals surface area contributed by atoms with Gasteiger partial charge in [0.2, 0.25) is 10.0 Å². The largest absolute Gasteiger partial charge is 0.378 e. The van der Waals surface area contributed by atoms with Gasteiger partial charge in [-0.15, -0.1) is 0 Å². The van der Waals surface area contributed by atoms with Gasteiger partial charge in [0.15, 0.2) is 0 Å². The van der Waals surface area contributed by atoms with Gasteiger partial charge in [0, 0.05) is 17.1 Å². The van der Waals surface area contributed by atoms with Crippen molar-refractivity contribution in [3.05, 3.63) is 34.9 Å². The Morgan fingerprint density at radius 3 is 2.26 bits per heavy atom. The van der Waals surface area contributed by atoms with Crippen LogP contribution < -0.4 is 0 Å². The van der Waals surface area contributed by atoms with Crippen LogP contribution in [0.4, 0.5) is 0 Å². The first-order valence-corrected chi connectivity index (χ1v) is 8.22. The molecular weight excluding hydrogens is 286 g/mol. The van der Waals surface area contributed by atoms with Gasteiger partial charge in [-0.05, 0) is 31.5 Å². The van der Waals surface area contributed by atoms with E-state index in [0.29, 0.717) is 18.2 Å². The maximum atomic E-state index is 12.5. The number of hydrogen-bond acceptors (Lipinski definition) is 3. The van der Waals surface area contributed by atoms with E-state index >= 15 is 0 Å². The Hall–Kier alpha value is -0.620. The monoisotopic (exact) mass is 303 g/mol. The molecule has 1 aliphatic heterocycles. The van der Waals surface area contributed by atoms with Crippen molar-refractivity contribution in [1.29, 1.82) is 0 Å². The summed E-state index contributed by atoms with van der Waals surface area (Å²) in [4.78, 5) is 0. The van der Waals surface area contributed by atoms with Crippen molar-refractivity contribution in [2.24, 2.45) is 0 Å². The first-order valence-electron chi connectivity index (χ1n) is 6.23. The number of sulfonamides is 1. The molecule has 1 heterocycles. The minimum atomic E-state index is -3.34. The highest BCUT2D eigenvalue weighted by atomic mass is 35.5. The molecule has 1 fully saturated rings. The molecule has 19 heavy (non-hydrogen) atoms. The quantitative estimate of drug-likeness (QED) is 0.860. The minimum Gasteiger partial charge on any atom is -0.378 e. The summed E-state index contributed by atoms with van der Waals surface area (Å²) >= 11 is 5.80. The molecule has 6 heteroatoms. The average molecular weight is 304 g/mol. The Labute approximate surface area is 119 Å². The van der Waals surface area contributed by atoms with E-state index in [1.54, 1.807) is 28.6 Å². The van der Waals surface area contributed by atoms with Gasteiger partial charge >= 0.3 is 0 Å². The summed E-state index contributed by atoms with van der Waals surface area (Å²) in [6, 6.07) is 6.66. The van der Waals surface area contributed by atoms with Gasteiger partial charge in [-0.3, -0.25) is 0 Å². The van der Waals surface area contributed by atoms with Crippen LogP contribution >= 0.6 is 11.6 Å². The van der Waals surface area contributed by atoms with Crippen LogP contribution in [0.2, 0.25) is 5.02 Å². The fourth-order valence-electron chi connectivity index (χ4n) is 2.40. The van der Waals surface area contributed by atoms with Crippen molar-refractivity contribution in [2.45, 2.75) is 31.7 Å². The Bertz CT molecular complexity index is 519. The molecule has 2 atom stereocenters. The van der Waals surface area contributed by atoms with Crippen molar-refractivity contribution < 1.29 is 13.2 Å². The summed E-state index contributed by atoms with van der Waals surface area (Å²) in [6.07, 6.45) is 0. The molecule has 4 nitrogen and oxygen atoms in total. The minimum absolute atomic E-state index is 0.00114. The normalized spacial score (nSPS) is 25.4. The number of morpholine rings is 1. The Balaban J connectivity index is 2.19. The van der Waals surface area contributed by atoms with Gasteiger partial charge in [-0.1, -0.05) is 23.7 Å². The predicted octanol–water partition coefficient (Wildman–Crippen LogP) is 2.28. The van der Waals surface area contributed by atoms with Gasteiger partial charge in [0.05, 0.1) is 19.0 Å². The third-order valence-electron chi connectivity index (χ3n) is 3.17. The van der Waals surface area contributed by atoms with Crippen LogP contribution in [0, 0.1) is 0 Å². The molecule has 0 saturated carbocycles. The van der Waals surface area contributed by atoms with Gasteiger partial charge in [0.1, 0.15) is 0 Å². The summed E-state index contributed by atoms with van der Waals surface area (Å²) in [5, 5.41) is 0.606. The molecule has 106 valence electrons. The molecule has 0 N–H and O–H groups in total. The third-order valence-corrected chi connectivity index (χ3v) is 5.48. The molecule has 1 aromatic carbocycles. The lowest BCUT2D eigenvalue weighted by molar-refractivity contribution is 0.00629. The lowest BCUT2D eigenvalue weighted by Crippen LogP contribution is -2.52. The van der Waals surface area contributed by atoms with Crippen LogP contribution in [0.5, 0.6) is 0 Å². The van der Waals surface area contributed by atoms with Gasteiger partial charge < -0.3 is 4.74 Å². The number of hydrogen-bond donors (Lipinski definition) is 0. The van der Waals surface area contributed by atoms with Gasteiger partial charge in [0.25, 0.3) is 0 Å². The Morgan fingerprint density at radius 1 is 1.21 bits per heavy atom. The molecule has 0 amide bonds. The highest BCUT2D eigenvalue weighted by Crippen LogP contribution is 2.21. The van der Waals surface area contributed by atoms with E-state index in [4.69, 9.17) is 16.3 Å². The highest BCUT2D eigenvalue weighted by molar-refractivity contribution is 7.88. The number of halogens is 1. The fourth-order valence-corrected chi connectivity index (χ4v) is 4.51. The van der Waals surface area contributed by atoms with Crippen LogP contribution in [0.15, 0.2) is 24.3 Å². The molecule has 0 radical (unpaired) electrons. The molecule has 0 aromatic heterocycles. The zero-order valence-electron chi connectivity index (χ0n) is 11.0. The third kappa shape index (κ3) is 3.48. The van der Waals surface area contributed by atoms with Crippen molar-refractivity contribution in [3.8, 4) is 0 Å². The van der Waals surface area contributed by atoms with Crippen LogP contribution in [-0.2, 0) is 20.5 Å². The van der Waals surface area contributed by atoms with Crippen LogP contribution in [0.1, 0.15) is 19.4 Å². The number of ether oxygens (including phenoxy) is 1. The van der Waals surface area contributed by atoms with E-state index in [0.717, 1.165) is 5.56 Å². The van der Waals surface area contributed by atoms with Crippen LogP contribution in [0.25, 0.3) is 0 Å². The van der Waals surface area contributed by atoms with Crippen LogP contribution in [0.3, 0.4) is 0 Å². The Kier molecular flexibility index (Phi) is 4.50. The molecule has 1 aliphatic rings. The van der Waals surface area contributed by atoms with Crippen molar-refractivity contribution in [1.82, 2.24) is 4.31 Å². The van der Waals surface area contributed by atoms with E-state index in [1.807, 2.05) is 13.8 Å². The molecule has 1 saturated heterocycles. The first kappa shape index (κ1) is 14.8. The van der Waals surface area contributed by atoms with Crippen molar-refractivity contribution in [3.63, 3.8) is 0 Å². The zero-order valence-corrected chi connectivity index (χ0v) is 12.6. The lowest BCUT2D eigenvalue weighted by atomic mass is 10.2. The number of rotatable bonds is 3. The van der Waals surface area contributed by atoms with E-state index in [9.17, 15) is 8.42 Å². The lowest BCUT2D eigenvalue weighted by Gasteiger charge is -2.37. The topological polar surface area (TPSA) is 46.6 Å². The van der Waals surface area contributed by atoms with Crippen molar-refractivity contribution >= 4 is 21.6 Å². The van der Waals surface area contributed by atoms with E-state index in [1.165, 1.54) is 0 Å². The second kappa shape index (κ2) is 5.79. The smallest absolute Gasteiger partial charge is 0.218 e. The van der Waals surface area contributed by atoms with E-state index < -0.39 is 10.0 Å². The number of nitrogens with zero attached hydrogens (tertiary/aromatic N) is 1. The molecule has 2 rings (SSSR count). The van der Waals surface area contributed by atoms with E-state index in [-0.39, 0.29) is 17.8 Å². The SMILES string of the molecule is CC1COCC(C)N1S(=O)(=O)Cc1ccc(Cl)cc1.